The van der Waals surface area contributed by atoms with Crippen LogP contribution in [0.1, 0.15) is 25.5 Å². The van der Waals surface area contributed by atoms with Crippen LogP contribution >= 0.6 is 0 Å². The predicted molar refractivity (Wildman–Crippen MR) is 81.2 cm³/mol. The number of anilines is 1. The first-order valence-electron chi connectivity index (χ1n) is 7.88. The van der Waals surface area contributed by atoms with E-state index in [0.717, 1.165) is 45.8 Å². The summed E-state index contributed by atoms with van der Waals surface area (Å²) in [6.45, 7) is 8.40. The van der Waals surface area contributed by atoms with Gasteiger partial charge in [0, 0.05) is 37.9 Å². The monoisotopic (exact) mass is 275 g/mol. The predicted octanol–water partition coefficient (Wildman–Crippen LogP) is 1.94. The van der Waals surface area contributed by atoms with Gasteiger partial charge >= 0.3 is 0 Å². The molecule has 1 atom stereocenters. The zero-order chi connectivity index (χ0) is 13.8. The minimum atomic E-state index is 0.679. The standard InChI is InChI=1S/C16H25N3O/c1-2-14-5-6-15(12-17-14)19-7-3-4-16(13-19)18-8-10-20-11-9-18/h5-6,12,16H,2-4,7-11,13H2,1H3. The number of ether oxygens (including phenoxy) is 1. The Hall–Kier alpha value is -1.13. The molecule has 3 heterocycles. The van der Waals surface area contributed by atoms with Crippen LogP contribution in [0.4, 0.5) is 5.69 Å². The highest BCUT2D eigenvalue weighted by Gasteiger charge is 2.26. The molecule has 1 aromatic heterocycles. The van der Waals surface area contributed by atoms with Crippen LogP contribution in [-0.4, -0.2) is 55.3 Å². The van der Waals surface area contributed by atoms with Gasteiger partial charge in [-0.1, -0.05) is 6.92 Å². The topological polar surface area (TPSA) is 28.6 Å². The maximum Gasteiger partial charge on any atom is 0.0594 e. The molecule has 1 aromatic rings. The first-order valence-corrected chi connectivity index (χ1v) is 7.88. The molecule has 1 unspecified atom stereocenters. The van der Waals surface area contributed by atoms with E-state index in [0.29, 0.717) is 6.04 Å². The maximum atomic E-state index is 5.46. The van der Waals surface area contributed by atoms with E-state index < -0.39 is 0 Å². The average Bonchev–Trinajstić information content (AvgIpc) is 2.56. The summed E-state index contributed by atoms with van der Waals surface area (Å²) in [5.41, 5.74) is 2.45. The number of hydrogen-bond donors (Lipinski definition) is 0. The summed E-state index contributed by atoms with van der Waals surface area (Å²) in [7, 11) is 0. The van der Waals surface area contributed by atoms with Crippen LogP contribution in [-0.2, 0) is 11.2 Å². The van der Waals surface area contributed by atoms with Crippen LogP contribution in [0.15, 0.2) is 18.3 Å². The van der Waals surface area contributed by atoms with Crippen molar-refractivity contribution < 1.29 is 4.74 Å². The van der Waals surface area contributed by atoms with Crippen LogP contribution in [0.25, 0.3) is 0 Å². The van der Waals surface area contributed by atoms with Crippen LogP contribution in [0.5, 0.6) is 0 Å². The Kier molecular flexibility index (Phi) is 4.53. The number of hydrogen-bond acceptors (Lipinski definition) is 4. The van der Waals surface area contributed by atoms with E-state index >= 15 is 0 Å². The normalized spacial score (nSPS) is 24.9. The fraction of sp³-hybridized carbons (Fsp3) is 0.688. The van der Waals surface area contributed by atoms with Crippen molar-refractivity contribution in [1.29, 1.82) is 0 Å². The lowest BCUT2D eigenvalue weighted by Crippen LogP contribution is -2.51. The van der Waals surface area contributed by atoms with E-state index in [2.05, 4.69) is 33.8 Å². The lowest BCUT2D eigenvalue weighted by molar-refractivity contribution is 0.0137. The molecule has 0 aliphatic carbocycles. The third-order valence-electron chi connectivity index (χ3n) is 4.50. The van der Waals surface area contributed by atoms with Crippen LogP contribution in [0.2, 0.25) is 0 Å². The molecule has 2 saturated heterocycles. The Morgan fingerprint density at radius 3 is 2.80 bits per heavy atom. The molecule has 4 nitrogen and oxygen atoms in total. The van der Waals surface area contributed by atoms with Crippen molar-refractivity contribution >= 4 is 5.69 Å². The summed E-state index contributed by atoms with van der Waals surface area (Å²) in [6.07, 6.45) is 5.64. The molecule has 110 valence electrons. The molecule has 0 aromatic carbocycles. The molecular formula is C16H25N3O. The zero-order valence-corrected chi connectivity index (χ0v) is 12.4. The summed E-state index contributed by atoms with van der Waals surface area (Å²) in [4.78, 5) is 9.63. The molecule has 4 heteroatoms. The first kappa shape index (κ1) is 13.8. The SMILES string of the molecule is CCc1ccc(N2CCCC(N3CCOCC3)C2)cn1. The number of pyridine rings is 1. The van der Waals surface area contributed by atoms with E-state index in [9.17, 15) is 0 Å². The summed E-state index contributed by atoms with van der Waals surface area (Å²) >= 11 is 0. The lowest BCUT2D eigenvalue weighted by Gasteiger charge is -2.41. The van der Waals surface area contributed by atoms with Gasteiger partial charge in [0.15, 0.2) is 0 Å². The number of aromatic nitrogens is 1. The van der Waals surface area contributed by atoms with Gasteiger partial charge < -0.3 is 9.64 Å². The van der Waals surface area contributed by atoms with Crippen LogP contribution < -0.4 is 4.90 Å². The Labute approximate surface area is 121 Å². The van der Waals surface area contributed by atoms with Gasteiger partial charge in [0.25, 0.3) is 0 Å². The van der Waals surface area contributed by atoms with Gasteiger partial charge in [-0.2, -0.15) is 0 Å². The zero-order valence-electron chi connectivity index (χ0n) is 12.4. The molecule has 0 radical (unpaired) electrons. The van der Waals surface area contributed by atoms with Gasteiger partial charge in [0.2, 0.25) is 0 Å². The average molecular weight is 275 g/mol. The molecule has 2 fully saturated rings. The van der Waals surface area contributed by atoms with Gasteiger partial charge in [-0.05, 0) is 31.4 Å². The van der Waals surface area contributed by atoms with Gasteiger partial charge in [-0.3, -0.25) is 9.88 Å². The highest BCUT2D eigenvalue weighted by Crippen LogP contribution is 2.22. The van der Waals surface area contributed by atoms with E-state index in [4.69, 9.17) is 4.74 Å². The Bertz CT molecular complexity index is 414. The van der Waals surface area contributed by atoms with Crippen molar-refractivity contribution in [3.8, 4) is 0 Å². The van der Waals surface area contributed by atoms with E-state index in [1.165, 1.54) is 24.2 Å². The van der Waals surface area contributed by atoms with Crippen molar-refractivity contribution in [2.75, 3.05) is 44.3 Å². The molecule has 0 bridgehead atoms. The van der Waals surface area contributed by atoms with Gasteiger partial charge in [-0.25, -0.2) is 0 Å². The fourth-order valence-electron chi connectivity index (χ4n) is 3.24. The molecule has 0 saturated carbocycles. The first-order chi connectivity index (χ1) is 9.86. The van der Waals surface area contributed by atoms with Gasteiger partial charge in [0.05, 0.1) is 25.1 Å². The van der Waals surface area contributed by atoms with Crippen molar-refractivity contribution in [2.45, 2.75) is 32.2 Å². The molecule has 0 amide bonds. The molecule has 0 spiro atoms. The Morgan fingerprint density at radius 2 is 2.10 bits per heavy atom. The third kappa shape index (κ3) is 3.13. The minimum Gasteiger partial charge on any atom is -0.379 e. The van der Waals surface area contributed by atoms with Gasteiger partial charge in [0.1, 0.15) is 0 Å². The van der Waals surface area contributed by atoms with E-state index in [1.807, 2.05) is 6.20 Å². The lowest BCUT2D eigenvalue weighted by atomic mass is 10.0. The van der Waals surface area contributed by atoms with E-state index in [-0.39, 0.29) is 0 Å². The minimum absolute atomic E-state index is 0.679. The van der Waals surface area contributed by atoms with Crippen molar-refractivity contribution in [1.82, 2.24) is 9.88 Å². The molecular weight excluding hydrogens is 250 g/mol. The van der Waals surface area contributed by atoms with E-state index in [1.54, 1.807) is 0 Å². The highest BCUT2D eigenvalue weighted by molar-refractivity contribution is 5.45. The third-order valence-corrected chi connectivity index (χ3v) is 4.50. The maximum absolute atomic E-state index is 5.46. The van der Waals surface area contributed by atoms with Crippen molar-refractivity contribution in [2.24, 2.45) is 0 Å². The number of aryl methyl sites for hydroxylation is 1. The number of nitrogens with zero attached hydrogens (tertiary/aromatic N) is 3. The van der Waals surface area contributed by atoms with Crippen molar-refractivity contribution in [3.05, 3.63) is 24.0 Å². The second-order valence-electron chi connectivity index (χ2n) is 5.75. The van der Waals surface area contributed by atoms with Crippen molar-refractivity contribution in [3.63, 3.8) is 0 Å². The number of piperidine rings is 1. The molecule has 0 N–H and O–H groups in total. The summed E-state index contributed by atoms with van der Waals surface area (Å²) in [6, 6.07) is 5.07. The Morgan fingerprint density at radius 1 is 1.25 bits per heavy atom. The smallest absolute Gasteiger partial charge is 0.0594 e. The summed E-state index contributed by atoms with van der Waals surface area (Å²) in [5, 5.41) is 0. The van der Waals surface area contributed by atoms with Gasteiger partial charge in [-0.15, -0.1) is 0 Å². The summed E-state index contributed by atoms with van der Waals surface area (Å²) in [5.74, 6) is 0. The van der Waals surface area contributed by atoms with Crippen LogP contribution in [0, 0.1) is 0 Å². The second-order valence-corrected chi connectivity index (χ2v) is 5.75. The number of morpholine rings is 1. The quantitative estimate of drug-likeness (QED) is 0.843. The molecule has 2 aliphatic heterocycles. The molecule has 3 rings (SSSR count). The summed E-state index contributed by atoms with van der Waals surface area (Å²) < 4.78 is 5.46. The highest BCUT2D eigenvalue weighted by atomic mass is 16.5. The van der Waals surface area contributed by atoms with Crippen LogP contribution in [0.3, 0.4) is 0 Å². The molecule has 20 heavy (non-hydrogen) atoms. The molecule has 2 aliphatic rings. The second kappa shape index (κ2) is 6.55. The largest absolute Gasteiger partial charge is 0.379 e. The Balaban J connectivity index is 1.64. The number of rotatable bonds is 3. The fourth-order valence-corrected chi connectivity index (χ4v) is 3.24.